The number of carbonyl (C=O) groups excluding carboxylic acids is 1. The molecule has 1 heterocycles. The lowest BCUT2D eigenvalue weighted by Gasteiger charge is -2.18. The zero-order valence-electron chi connectivity index (χ0n) is 10.8. The quantitative estimate of drug-likeness (QED) is 0.854. The highest BCUT2D eigenvalue weighted by molar-refractivity contribution is 7.93. The molecule has 1 aromatic rings. The third kappa shape index (κ3) is 2.64. The van der Waals surface area contributed by atoms with E-state index >= 15 is 0 Å². The maximum Gasteiger partial charge on any atom is 0.242 e. The van der Waals surface area contributed by atoms with Crippen LogP contribution in [-0.2, 0) is 21.1 Å². The number of rotatable bonds is 3. The van der Waals surface area contributed by atoms with Gasteiger partial charge in [-0.25, -0.2) is 8.42 Å². The number of amides is 1. The van der Waals surface area contributed by atoms with E-state index < -0.39 is 26.2 Å². The Morgan fingerprint density at radius 1 is 1.42 bits per heavy atom. The molecule has 0 saturated carbocycles. The smallest absolute Gasteiger partial charge is 0.242 e. The number of nitrogens with two attached hydrogens (primary N) is 1. The van der Waals surface area contributed by atoms with Crippen LogP contribution in [0.3, 0.4) is 0 Å². The van der Waals surface area contributed by atoms with Crippen LogP contribution in [0.15, 0.2) is 24.3 Å². The van der Waals surface area contributed by atoms with Crippen LogP contribution in [0.1, 0.15) is 18.9 Å². The topological polar surface area (TPSA) is 89.3 Å². The van der Waals surface area contributed by atoms with E-state index in [4.69, 9.17) is 5.73 Å². The van der Waals surface area contributed by atoms with Crippen molar-refractivity contribution in [2.24, 2.45) is 5.73 Å². The van der Waals surface area contributed by atoms with Gasteiger partial charge in [-0.15, -0.1) is 0 Å². The van der Waals surface area contributed by atoms with Crippen LogP contribution in [0.5, 0.6) is 0 Å². The molecule has 2 rings (SSSR count). The van der Waals surface area contributed by atoms with Gasteiger partial charge in [0.25, 0.3) is 0 Å². The van der Waals surface area contributed by atoms with Gasteiger partial charge in [0.2, 0.25) is 5.91 Å². The molecule has 0 radical (unpaired) electrons. The molecule has 0 fully saturated rings. The van der Waals surface area contributed by atoms with Gasteiger partial charge in [-0.05, 0) is 31.4 Å². The summed E-state index contributed by atoms with van der Waals surface area (Å²) >= 11 is 0. The minimum absolute atomic E-state index is 0.0268. The lowest BCUT2D eigenvalue weighted by Crippen LogP contribution is -2.41. The summed E-state index contributed by atoms with van der Waals surface area (Å²) in [4.78, 5) is 12.1. The second kappa shape index (κ2) is 5.30. The number of fused-ring (bicyclic) bond motifs is 1. The molecule has 1 aliphatic heterocycles. The second-order valence-corrected chi connectivity index (χ2v) is 7.36. The van der Waals surface area contributed by atoms with Crippen LogP contribution < -0.4 is 11.1 Å². The number of nitrogens with one attached hydrogen (secondary N) is 1. The molecule has 1 aliphatic rings. The van der Waals surface area contributed by atoms with Crippen molar-refractivity contribution in [2.75, 3.05) is 11.9 Å². The first-order chi connectivity index (χ1) is 8.96. The first-order valence-electron chi connectivity index (χ1n) is 6.28. The number of aryl methyl sites for hydroxylation is 1. The SMILES string of the molecule is CC(CN)S(=O)(=O)C1CCc2ccccc2NC1=O. The van der Waals surface area contributed by atoms with Gasteiger partial charge in [0, 0.05) is 12.2 Å². The minimum Gasteiger partial charge on any atom is -0.329 e. The number of benzene rings is 1. The van der Waals surface area contributed by atoms with Crippen molar-refractivity contribution in [3.8, 4) is 0 Å². The summed E-state index contributed by atoms with van der Waals surface area (Å²) in [6, 6.07) is 7.38. The van der Waals surface area contributed by atoms with Crippen LogP contribution >= 0.6 is 0 Å². The Balaban J connectivity index is 2.31. The van der Waals surface area contributed by atoms with Crippen molar-refractivity contribution in [2.45, 2.75) is 30.3 Å². The lowest BCUT2D eigenvalue weighted by atomic mass is 10.1. The maximum atomic E-state index is 12.3. The van der Waals surface area contributed by atoms with Gasteiger partial charge in [0.15, 0.2) is 9.84 Å². The fourth-order valence-electron chi connectivity index (χ4n) is 2.22. The summed E-state index contributed by atoms with van der Waals surface area (Å²) in [6.07, 6.45) is 0.867. The summed E-state index contributed by atoms with van der Waals surface area (Å²) < 4.78 is 24.6. The third-order valence-corrected chi connectivity index (χ3v) is 6.09. The van der Waals surface area contributed by atoms with E-state index in [1.807, 2.05) is 18.2 Å². The van der Waals surface area contributed by atoms with Gasteiger partial charge in [-0.2, -0.15) is 0 Å². The molecule has 0 aromatic heterocycles. The van der Waals surface area contributed by atoms with E-state index in [1.165, 1.54) is 0 Å². The summed E-state index contributed by atoms with van der Waals surface area (Å²) in [5.74, 6) is -0.453. The number of hydrogen-bond donors (Lipinski definition) is 2. The minimum atomic E-state index is -3.54. The standard InChI is InChI=1S/C13H18N2O3S/c1-9(8-14)19(17,18)12-7-6-10-4-2-3-5-11(10)15-13(12)16/h2-5,9,12H,6-8,14H2,1H3,(H,15,16). The number of para-hydroxylation sites is 1. The molecule has 1 amide bonds. The summed E-state index contributed by atoms with van der Waals surface area (Å²) in [5, 5.41) is 0.979. The predicted octanol–water partition coefficient (Wildman–Crippen LogP) is 0.702. The monoisotopic (exact) mass is 282 g/mol. The normalized spacial score (nSPS) is 21.2. The molecule has 3 N–H and O–H groups in total. The highest BCUT2D eigenvalue weighted by Gasteiger charge is 2.37. The average Bonchev–Trinajstić information content (AvgIpc) is 2.56. The van der Waals surface area contributed by atoms with Crippen molar-refractivity contribution in [1.29, 1.82) is 0 Å². The number of sulfone groups is 1. The zero-order chi connectivity index (χ0) is 14.0. The lowest BCUT2D eigenvalue weighted by molar-refractivity contribution is -0.115. The highest BCUT2D eigenvalue weighted by Crippen LogP contribution is 2.25. The van der Waals surface area contributed by atoms with Crippen molar-refractivity contribution in [3.05, 3.63) is 29.8 Å². The van der Waals surface area contributed by atoms with E-state index in [9.17, 15) is 13.2 Å². The van der Waals surface area contributed by atoms with Crippen molar-refractivity contribution < 1.29 is 13.2 Å². The number of anilines is 1. The fraction of sp³-hybridized carbons (Fsp3) is 0.462. The molecule has 0 spiro atoms. The molecule has 19 heavy (non-hydrogen) atoms. The number of carbonyl (C=O) groups is 1. The van der Waals surface area contributed by atoms with Crippen molar-refractivity contribution in [1.82, 2.24) is 0 Å². The largest absolute Gasteiger partial charge is 0.329 e. The Hall–Kier alpha value is -1.40. The summed E-state index contributed by atoms with van der Waals surface area (Å²) in [7, 11) is -3.54. The van der Waals surface area contributed by atoms with E-state index in [-0.39, 0.29) is 6.54 Å². The van der Waals surface area contributed by atoms with Crippen LogP contribution in [-0.4, -0.2) is 31.4 Å². The first kappa shape index (κ1) is 14.0. The molecule has 104 valence electrons. The average molecular weight is 282 g/mol. The van der Waals surface area contributed by atoms with Gasteiger partial charge in [0.1, 0.15) is 5.25 Å². The molecule has 0 saturated heterocycles. The van der Waals surface area contributed by atoms with Crippen LogP contribution in [0.2, 0.25) is 0 Å². The zero-order valence-corrected chi connectivity index (χ0v) is 11.6. The van der Waals surface area contributed by atoms with E-state index in [0.29, 0.717) is 18.5 Å². The first-order valence-corrected chi connectivity index (χ1v) is 7.89. The van der Waals surface area contributed by atoms with Gasteiger partial charge >= 0.3 is 0 Å². The molecule has 2 atom stereocenters. The fourth-order valence-corrected chi connectivity index (χ4v) is 3.85. The highest BCUT2D eigenvalue weighted by atomic mass is 32.2. The third-order valence-electron chi connectivity index (χ3n) is 3.53. The van der Waals surface area contributed by atoms with E-state index in [2.05, 4.69) is 5.32 Å². The Morgan fingerprint density at radius 2 is 2.11 bits per heavy atom. The van der Waals surface area contributed by atoms with Crippen molar-refractivity contribution in [3.63, 3.8) is 0 Å². The molecule has 1 aromatic carbocycles. The van der Waals surface area contributed by atoms with Crippen LogP contribution in [0, 0.1) is 0 Å². The second-order valence-electron chi connectivity index (χ2n) is 4.81. The summed E-state index contributed by atoms with van der Waals surface area (Å²) in [5.41, 5.74) is 7.09. The maximum absolute atomic E-state index is 12.3. The molecule has 0 bridgehead atoms. The van der Waals surface area contributed by atoms with Crippen LogP contribution in [0.4, 0.5) is 5.69 Å². The van der Waals surface area contributed by atoms with Gasteiger partial charge in [0.05, 0.1) is 5.25 Å². The summed E-state index contributed by atoms with van der Waals surface area (Å²) in [6.45, 7) is 1.57. The van der Waals surface area contributed by atoms with Crippen molar-refractivity contribution >= 4 is 21.4 Å². The Kier molecular flexibility index (Phi) is 3.91. The molecule has 2 unspecified atom stereocenters. The Morgan fingerprint density at radius 3 is 2.79 bits per heavy atom. The number of hydrogen-bond acceptors (Lipinski definition) is 4. The molecule has 0 aliphatic carbocycles. The van der Waals surface area contributed by atoms with Crippen LogP contribution in [0.25, 0.3) is 0 Å². The Labute approximate surface area is 113 Å². The molecular formula is C13H18N2O3S. The van der Waals surface area contributed by atoms with E-state index in [0.717, 1.165) is 5.56 Å². The Bertz CT molecular complexity index is 583. The van der Waals surface area contributed by atoms with Gasteiger partial charge < -0.3 is 11.1 Å². The molecule has 6 heteroatoms. The predicted molar refractivity (Wildman–Crippen MR) is 74.6 cm³/mol. The van der Waals surface area contributed by atoms with E-state index in [1.54, 1.807) is 13.0 Å². The van der Waals surface area contributed by atoms with Gasteiger partial charge in [-0.1, -0.05) is 18.2 Å². The molecule has 5 nitrogen and oxygen atoms in total. The van der Waals surface area contributed by atoms with Gasteiger partial charge in [-0.3, -0.25) is 4.79 Å². The molecular weight excluding hydrogens is 264 g/mol.